The van der Waals surface area contributed by atoms with Gasteiger partial charge in [-0.15, -0.1) is 0 Å². The lowest BCUT2D eigenvalue weighted by molar-refractivity contribution is 0.0593. The number of esters is 1. The van der Waals surface area contributed by atoms with Crippen molar-refractivity contribution >= 4 is 33.4 Å². The van der Waals surface area contributed by atoms with Crippen molar-refractivity contribution in [3.05, 3.63) is 45.8 Å². The molecule has 5 nitrogen and oxygen atoms in total. The average molecular weight is 336 g/mol. The molecule has 0 fully saturated rings. The molecule has 0 saturated carbocycles. The Bertz CT molecular complexity index is 618. The summed E-state index contributed by atoms with van der Waals surface area (Å²) in [7, 11) is 1.31. The Hall–Kier alpha value is -1.95. The summed E-state index contributed by atoms with van der Waals surface area (Å²) >= 11 is 3.46. The maximum absolute atomic E-state index is 11.3. The molecule has 0 saturated heterocycles. The number of benzene rings is 1. The zero-order valence-corrected chi connectivity index (χ0v) is 13.0. The number of anilines is 2. The molecule has 1 heterocycles. The van der Waals surface area contributed by atoms with E-state index < -0.39 is 5.97 Å². The lowest BCUT2D eigenvalue weighted by atomic mass is 10.1. The highest BCUT2D eigenvalue weighted by molar-refractivity contribution is 9.10. The van der Waals surface area contributed by atoms with Crippen LogP contribution in [0.3, 0.4) is 0 Å². The third-order valence-electron chi connectivity index (χ3n) is 2.80. The Morgan fingerprint density at radius 1 is 1.20 bits per heavy atom. The van der Waals surface area contributed by atoms with Crippen LogP contribution in [0.1, 0.15) is 21.6 Å². The Kier molecular flexibility index (Phi) is 4.34. The van der Waals surface area contributed by atoms with E-state index in [9.17, 15) is 4.79 Å². The lowest BCUT2D eigenvalue weighted by Crippen LogP contribution is -2.06. The first-order valence-electron chi connectivity index (χ1n) is 5.95. The van der Waals surface area contributed by atoms with Gasteiger partial charge in [0.2, 0.25) is 0 Å². The molecule has 2 rings (SSSR count). The highest BCUT2D eigenvalue weighted by Gasteiger charge is 2.09. The van der Waals surface area contributed by atoms with Crippen molar-refractivity contribution in [3.63, 3.8) is 0 Å². The van der Waals surface area contributed by atoms with Gasteiger partial charge in [-0.1, -0.05) is 15.9 Å². The first-order chi connectivity index (χ1) is 9.51. The van der Waals surface area contributed by atoms with Gasteiger partial charge in [-0.25, -0.2) is 14.8 Å². The molecular weight excluding hydrogens is 322 g/mol. The molecule has 2 aromatic rings. The zero-order chi connectivity index (χ0) is 14.7. The van der Waals surface area contributed by atoms with E-state index in [0.29, 0.717) is 5.82 Å². The third kappa shape index (κ3) is 3.14. The van der Waals surface area contributed by atoms with Crippen LogP contribution in [0.2, 0.25) is 0 Å². The highest BCUT2D eigenvalue weighted by Crippen LogP contribution is 2.27. The number of methoxy groups -OCH3 is 1. The summed E-state index contributed by atoms with van der Waals surface area (Å²) in [5.41, 5.74) is 3.35. The summed E-state index contributed by atoms with van der Waals surface area (Å²) in [5.74, 6) is 0.0752. The number of carbonyl (C=O) groups is 1. The summed E-state index contributed by atoms with van der Waals surface area (Å²) in [6.45, 7) is 4.02. The summed E-state index contributed by atoms with van der Waals surface area (Å²) < 4.78 is 5.61. The van der Waals surface area contributed by atoms with Crippen molar-refractivity contribution in [3.8, 4) is 0 Å². The van der Waals surface area contributed by atoms with E-state index in [1.165, 1.54) is 19.5 Å². The predicted octanol–water partition coefficient (Wildman–Crippen LogP) is 3.39. The Labute approximate surface area is 125 Å². The van der Waals surface area contributed by atoms with E-state index in [1.807, 2.05) is 26.0 Å². The minimum absolute atomic E-state index is 0.183. The number of carbonyl (C=O) groups excluding carboxylic acids is 1. The highest BCUT2D eigenvalue weighted by atomic mass is 79.9. The van der Waals surface area contributed by atoms with Crippen LogP contribution in [-0.2, 0) is 4.74 Å². The second kappa shape index (κ2) is 6.00. The average Bonchev–Trinajstić information content (AvgIpc) is 2.42. The van der Waals surface area contributed by atoms with Crippen molar-refractivity contribution in [1.29, 1.82) is 0 Å². The molecule has 0 amide bonds. The zero-order valence-electron chi connectivity index (χ0n) is 11.4. The number of halogens is 1. The van der Waals surface area contributed by atoms with Gasteiger partial charge in [-0.2, -0.15) is 0 Å². The van der Waals surface area contributed by atoms with Gasteiger partial charge in [0.1, 0.15) is 5.82 Å². The Morgan fingerprint density at radius 3 is 2.35 bits per heavy atom. The number of aryl methyl sites for hydroxylation is 2. The van der Waals surface area contributed by atoms with Crippen LogP contribution in [0.15, 0.2) is 29.0 Å². The molecule has 0 radical (unpaired) electrons. The van der Waals surface area contributed by atoms with Crippen LogP contribution < -0.4 is 5.32 Å². The van der Waals surface area contributed by atoms with Gasteiger partial charge in [-0.3, -0.25) is 0 Å². The molecule has 1 N–H and O–H groups in total. The minimum atomic E-state index is -0.500. The standard InChI is InChI=1S/C14H14BrN3O2/c1-8-4-10(15)5-9(2)13(8)18-12-7-16-11(6-17-12)14(19)20-3/h4-7H,1-3H3,(H,17,18). The molecule has 0 unspecified atom stereocenters. The lowest BCUT2D eigenvalue weighted by Gasteiger charge is -2.12. The van der Waals surface area contributed by atoms with Crippen LogP contribution >= 0.6 is 15.9 Å². The normalized spacial score (nSPS) is 10.2. The maximum Gasteiger partial charge on any atom is 0.358 e. The fourth-order valence-corrected chi connectivity index (χ4v) is 2.53. The van der Waals surface area contributed by atoms with Crippen LogP contribution in [0, 0.1) is 13.8 Å². The summed E-state index contributed by atoms with van der Waals surface area (Å²) in [5, 5.41) is 3.21. The number of ether oxygens (including phenoxy) is 1. The first-order valence-corrected chi connectivity index (χ1v) is 6.74. The number of rotatable bonds is 3. The SMILES string of the molecule is COC(=O)c1cnc(Nc2c(C)cc(Br)cc2C)cn1. The number of hydrogen-bond donors (Lipinski definition) is 1. The van der Waals surface area contributed by atoms with E-state index >= 15 is 0 Å². The fraction of sp³-hybridized carbons (Fsp3) is 0.214. The second-order valence-electron chi connectivity index (χ2n) is 4.32. The summed E-state index contributed by atoms with van der Waals surface area (Å²) in [6, 6.07) is 4.04. The van der Waals surface area contributed by atoms with Crippen LogP contribution in [-0.4, -0.2) is 23.0 Å². The van der Waals surface area contributed by atoms with Crippen molar-refractivity contribution in [2.75, 3.05) is 12.4 Å². The minimum Gasteiger partial charge on any atom is -0.464 e. The molecular formula is C14H14BrN3O2. The van der Waals surface area contributed by atoms with Crippen LogP contribution in [0.5, 0.6) is 0 Å². The fourth-order valence-electron chi connectivity index (χ4n) is 1.84. The Balaban J connectivity index is 2.25. The van der Waals surface area contributed by atoms with Crippen LogP contribution in [0.4, 0.5) is 11.5 Å². The molecule has 0 atom stereocenters. The van der Waals surface area contributed by atoms with Gasteiger partial charge >= 0.3 is 5.97 Å². The molecule has 20 heavy (non-hydrogen) atoms. The molecule has 0 aliphatic heterocycles. The number of hydrogen-bond acceptors (Lipinski definition) is 5. The number of aromatic nitrogens is 2. The smallest absolute Gasteiger partial charge is 0.358 e. The van der Waals surface area contributed by atoms with Gasteiger partial charge < -0.3 is 10.1 Å². The topological polar surface area (TPSA) is 64.1 Å². The molecule has 0 aliphatic carbocycles. The Morgan fingerprint density at radius 2 is 1.85 bits per heavy atom. The number of nitrogens with one attached hydrogen (secondary N) is 1. The van der Waals surface area contributed by atoms with Crippen molar-refractivity contribution in [2.24, 2.45) is 0 Å². The molecule has 1 aromatic carbocycles. The van der Waals surface area contributed by atoms with Crippen molar-refractivity contribution < 1.29 is 9.53 Å². The van der Waals surface area contributed by atoms with E-state index in [-0.39, 0.29) is 5.69 Å². The summed E-state index contributed by atoms with van der Waals surface area (Å²) in [6.07, 6.45) is 2.89. The van der Waals surface area contributed by atoms with Crippen LogP contribution in [0.25, 0.3) is 0 Å². The first kappa shape index (κ1) is 14.5. The quantitative estimate of drug-likeness (QED) is 0.871. The van der Waals surface area contributed by atoms with E-state index in [0.717, 1.165) is 21.3 Å². The van der Waals surface area contributed by atoms with Gasteiger partial charge in [0.25, 0.3) is 0 Å². The van der Waals surface area contributed by atoms with Gasteiger partial charge in [0.05, 0.1) is 19.5 Å². The predicted molar refractivity (Wildman–Crippen MR) is 80.3 cm³/mol. The molecule has 1 aromatic heterocycles. The largest absolute Gasteiger partial charge is 0.464 e. The second-order valence-corrected chi connectivity index (χ2v) is 5.23. The molecule has 0 aliphatic rings. The number of nitrogens with zero attached hydrogens (tertiary/aromatic N) is 2. The molecule has 104 valence electrons. The molecule has 6 heteroatoms. The van der Waals surface area contributed by atoms with Gasteiger partial charge in [-0.05, 0) is 37.1 Å². The van der Waals surface area contributed by atoms with E-state index in [1.54, 1.807) is 0 Å². The molecule has 0 spiro atoms. The summed E-state index contributed by atoms with van der Waals surface area (Å²) in [4.78, 5) is 19.5. The van der Waals surface area contributed by atoms with Gasteiger partial charge in [0.15, 0.2) is 5.69 Å². The van der Waals surface area contributed by atoms with E-state index in [4.69, 9.17) is 0 Å². The van der Waals surface area contributed by atoms with Gasteiger partial charge in [0, 0.05) is 10.2 Å². The third-order valence-corrected chi connectivity index (χ3v) is 3.25. The van der Waals surface area contributed by atoms with E-state index in [2.05, 4.69) is 36.0 Å². The van der Waals surface area contributed by atoms with Crippen molar-refractivity contribution in [1.82, 2.24) is 9.97 Å². The molecule has 0 bridgehead atoms. The maximum atomic E-state index is 11.3. The monoisotopic (exact) mass is 335 g/mol. The van der Waals surface area contributed by atoms with Crippen molar-refractivity contribution in [2.45, 2.75) is 13.8 Å².